The highest BCUT2D eigenvalue weighted by molar-refractivity contribution is 5.89. The van der Waals surface area contributed by atoms with Crippen molar-refractivity contribution in [2.45, 2.75) is 70.7 Å². The van der Waals surface area contributed by atoms with E-state index in [4.69, 9.17) is 4.74 Å². The third-order valence-electron chi connectivity index (χ3n) is 6.44. The lowest BCUT2D eigenvalue weighted by Gasteiger charge is -2.28. The molecule has 1 heterocycles. The van der Waals surface area contributed by atoms with Crippen molar-refractivity contribution in [3.63, 3.8) is 0 Å². The first-order valence-electron chi connectivity index (χ1n) is 10.9. The third kappa shape index (κ3) is 4.88. The molecule has 4 rings (SSSR count). The minimum Gasteiger partial charge on any atom is -0.490 e. The minimum absolute atomic E-state index is 0.0142. The summed E-state index contributed by atoms with van der Waals surface area (Å²) in [6.07, 6.45) is 2.68. The fourth-order valence-corrected chi connectivity index (χ4v) is 4.74. The van der Waals surface area contributed by atoms with Crippen LogP contribution in [0.1, 0.15) is 63.0 Å². The van der Waals surface area contributed by atoms with Crippen molar-refractivity contribution in [3.8, 4) is 5.75 Å². The van der Waals surface area contributed by atoms with Crippen LogP contribution >= 0.6 is 0 Å². The molecule has 0 aromatic heterocycles. The molecule has 0 bridgehead atoms. The molecule has 1 aliphatic carbocycles. The van der Waals surface area contributed by atoms with Gasteiger partial charge in [-0.3, -0.25) is 4.90 Å². The SMILES string of the molecule is CC1CCC(Oc2ccc3ccc(CN4CCCCC4)cc3c2C(F)(F)F)CC1. The Labute approximate surface area is 171 Å². The molecule has 0 atom stereocenters. The number of nitrogens with zero attached hydrogens (tertiary/aromatic N) is 1. The summed E-state index contributed by atoms with van der Waals surface area (Å²) in [6, 6.07) is 8.77. The van der Waals surface area contributed by atoms with Crippen molar-refractivity contribution in [3.05, 3.63) is 41.5 Å². The van der Waals surface area contributed by atoms with Gasteiger partial charge in [0.15, 0.2) is 0 Å². The van der Waals surface area contributed by atoms with E-state index in [0.717, 1.165) is 44.3 Å². The first-order chi connectivity index (χ1) is 13.9. The smallest absolute Gasteiger partial charge is 0.420 e. The predicted molar refractivity (Wildman–Crippen MR) is 110 cm³/mol. The van der Waals surface area contributed by atoms with Crippen LogP contribution < -0.4 is 4.74 Å². The van der Waals surface area contributed by atoms with Crippen LogP contribution in [0.2, 0.25) is 0 Å². The standard InChI is InChI=1S/C24H30F3NO/c1-17-5-10-20(11-6-17)29-22-12-9-19-8-7-18(16-28-13-3-2-4-14-28)15-21(19)23(22)24(25,26)27/h7-9,12,15,17,20H,2-6,10-11,13-14,16H2,1H3. The number of alkyl halides is 3. The number of hydrogen-bond donors (Lipinski definition) is 0. The highest BCUT2D eigenvalue weighted by atomic mass is 19.4. The average Bonchev–Trinajstić information content (AvgIpc) is 2.69. The fourth-order valence-electron chi connectivity index (χ4n) is 4.74. The molecule has 0 amide bonds. The largest absolute Gasteiger partial charge is 0.490 e. The van der Waals surface area contributed by atoms with Gasteiger partial charge in [0.25, 0.3) is 0 Å². The lowest BCUT2D eigenvalue weighted by Crippen LogP contribution is -2.29. The molecule has 1 saturated heterocycles. The van der Waals surface area contributed by atoms with E-state index in [2.05, 4.69) is 11.8 Å². The van der Waals surface area contributed by atoms with Crippen LogP contribution in [0, 0.1) is 5.92 Å². The first-order valence-corrected chi connectivity index (χ1v) is 10.9. The molecule has 0 radical (unpaired) electrons. The zero-order valence-electron chi connectivity index (χ0n) is 17.1. The van der Waals surface area contributed by atoms with Gasteiger partial charge in [0.1, 0.15) is 11.3 Å². The van der Waals surface area contributed by atoms with Gasteiger partial charge in [-0.2, -0.15) is 13.2 Å². The second-order valence-corrected chi connectivity index (χ2v) is 8.83. The van der Waals surface area contributed by atoms with Gasteiger partial charge in [-0.25, -0.2) is 0 Å². The van der Waals surface area contributed by atoms with Gasteiger partial charge in [0.2, 0.25) is 0 Å². The minimum atomic E-state index is -4.44. The summed E-state index contributed by atoms with van der Waals surface area (Å²) < 4.78 is 48.2. The lowest BCUT2D eigenvalue weighted by molar-refractivity contribution is -0.138. The molecular weight excluding hydrogens is 375 g/mol. The van der Waals surface area contributed by atoms with Crippen LogP contribution in [-0.4, -0.2) is 24.1 Å². The number of likely N-dealkylation sites (tertiary alicyclic amines) is 1. The second kappa shape index (κ2) is 8.55. The van der Waals surface area contributed by atoms with Crippen molar-refractivity contribution in [1.29, 1.82) is 0 Å². The van der Waals surface area contributed by atoms with E-state index in [1.807, 2.05) is 12.1 Å². The Hall–Kier alpha value is -1.75. The highest BCUT2D eigenvalue weighted by Crippen LogP contribution is 2.43. The first kappa shape index (κ1) is 20.5. The van der Waals surface area contributed by atoms with E-state index < -0.39 is 11.7 Å². The number of rotatable bonds is 4. The number of halogens is 3. The molecule has 2 nitrogen and oxygen atoms in total. The van der Waals surface area contributed by atoms with Crippen LogP contribution in [0.4, 0.5) is 13.2 Å². The molecule has 2 aromatic carbocycles. The van der Waals surface area contributed by atoms with E-state index in [9.17, 15) is 13.2 Å². The normalized spacial score (nSPS) is 24.0. The van der Waals surface area contributed by atoms with Crippen LogP contribution in [0.15, 0.2) is 30.3 Å². The Kier molecular flexibility index (Phi) is 6.05. The van der Waals surface area contributed by atoms with Crippen molar-refractivity contribution in [1.82, 2.24) is 4.90 Å². The molecule has 29 heavy (non-hydrogen) atoms. The van der Waals surface area contributed by atoms with Gasteiger partial charge in [-0.05, 0) is 86.0 Å². The topological polar surface area (TPSA) is 12.5 Å². The van der Waals surface area contributed by atoms with Gasteiger partial charge in [0.05, 0.1) is 6.10 Å². The van der Waals surface area contributed by atoms with Crippen molar-refractivity contribution >= 4 is 10.8 Å². The van der Waals surface area contributed by atoms with E-state index >= 15 is 0 Å². The van der Waals surface area contributed by atoms with E-state index in [1.165, 1.54) is 25.3 Å². The van der Waals surface area contributed by atoms with Crippen LogP contribution in [-0.2, 0) is 12.7 Å². The maximum Gasteiger partial charge on any atom is 0.420 e. The third-order valence-corrected chi connectivity index (χ3v) is 6.44. The average molecular weight is 406 g/mol. The van der Waals surface area contributed by atoms with Crippen LogP contribution in [0.25, 0.3) is 10.8 Å². The molecule has 2 aromatic rings. The quantitative estimate of drug-likeness (QED) is 0.554. The zero-order chi connectivity index (χ0) is 20.4. The molecular formula is C24H30F3NO. The van der Waals surface area contributed by atoms with Crippen LogP contribution in [0.5, 0.6) is 5.75 Å². The van der Waals surface area contributed by atoms with Gasteiger partial charge < -0.3 is 4.74 Å². The molecule has 2 fully saturated rings. The maximum atomic E-state index is 14.1. The van der Waals surface area contributed by atoms with Gasteiger partial charge in [-0.1, -0.05) is 31.5 Å². The Bertz CT molecular complexity index is 834. The lowest BCUT2D eigenvalue weighted by atomic mass is 9.89. The number of hydrogen-bond acceptors (Lipinski definition) is 2. The highest BCUT2D eigenvalue weighted by Gasteiger charge is 2.37. The summed E-state index contributed by atoms with van der Waals surface area (Å²) >= 11 is 0. The summed E-state index contributed by atoms with van der Waals surface area (Å²) in [5.74, 6) is 0.616. The maximum absolute atomic E-state index is 14.1. The predicted octanol–water partition coefficient (Wildman–Crippen LogP) is 6.80. The van der Waals surface area contributed by atoms with Gasteiger partial charge in [0, 0.05) is 6.54 Å². The van der Waals surface area contributed by atoms with E-state index in [0.29, 0.717) is 17.8 Å². The Morgan fingerprint density at radius 2 is 1.66 bits per heavy atom. The summed E-state index contributed by atoms with van der Waals surface area (Å²) in [6.45, 7) is 4.94. The molecule has 0 spiro atoms. The Morgan fingerprint density at radius 1 is 0.966 bits per heavy atom. The fraction of sp³-hybridized carbons (Fsp3) is 0.583. The summed E-state index contributed by atoms with van der Waals surface area (Å²) in [5.41, 5.74) is 0.322. The summed E-state index contributed by atoms with van der Waals surface area (Å²) in [7, 11) is 0. The van der Waals surface area contributed by atoms with Gasteiger partial charge >= 0.3 is 6.18 Å². The monoisotopic (exact) mass is 405 g/mol. The number of piperidine rings is 1. The molecule has 2 aliphatic rings. The summed E-state index contributed by atoms with van der Waals surface area (Å²) in [4.78, 5) is 2.33. The van der Waals surface area contributed by atoms with Crippen molar-refractivity contribution in [2.75, 3.05) is 13.1 Å². The van der Waals surface area contributed by atoms with Crippen molar-refractivity contribution < 1.29 is 17.9 Å². The van der Waals surface area contributed by atoms with Crippen LogP contribution in [0.3, 0.4) is 0 Å². The number of fused-ring (bicyclic) bond motifs is 1. The summed E-state index contributed by atoms with van der Waals surface area (Å²) in [5, 5.41) is 0.873. The molecule has 158 valence electrons. The molecule has 1 aliphatic heterocycles. The Morgan fingerprint density at radius 3 is 2.34 bits per heavy atom. The van der Waals surface area contributed by atoms with Crippen molar-refractivity contribution in [2.24, 2.45) is 5.92 Å². The molecule has 0 N–H and O–H groups in total. The molecule has 5 heteroatoms. The molecule has 0 unspecified atom stereocenters. The van der Waals surface area contributed by atoms with E-state index in [-0.39, 0.29) is 17.2 Å². The number of ether oxygens (including phenoxy) is 1. The second-order valence-electron chi connectivity index (χ2n) is 8.83. The van der Waals surface area contributed by atoms with Gasteiger partial charge in [-0.15, -0.1) is 0 Å². The van der Waals surface area contributed by atoms with E-state index in [1.54, 1.807) is 12.1 Å². The Balaban J connectivity index is 1.66. The number of benzene rings is 2. The zero-order valence-corrected chi connectivity index (χ0v) is 17.1. The molecule has 1 saturated carbocycles.